The molecule has 0 unspecified atom stereocenters. The van der Waals surface area contributed by atoms with Crippen LogP contribution < -0.4 is 21.9 Å². The Morgan fingerprint density at radius 2 is 0.655 bits per heavy atom. The van der Waals surface area contributed by atoms with E-state index in [1.165, 1.54) is 0 Å². The molecule has 0 N–H and O–H groups in total. The molecule has 0 saturated carbocycles. The van der Waals surface area contributed by atoms with Gasteiger partial charge in [0.15, 0.2) is 75.6 Å². The van der Waals surface area contributed by atoms with Crippen LogP contribution in [-0.2, 0) is 10.9 Å². The van der Waals surface area contributed by atoms with Crippen LogP contribution in [-0.4, -0.2) is 30.2 Å². The lowest BCUT2D eigenvalue weighted by Crippen LogP contribution is -2.81. The summed E-state index contributed by atoms with van der Waals surface area (Å²) in [6.45, 7) is 0. The average Bonchev–Trinajstić information content (AvgIpc) is 3.17. The fourth-order valence-corrected chi connectivity index (χ4v) is 6.76. The van der Waals surface area contributed by atoms with E-state index in [4.69, 9.17) is 11.6 Å². The maximum atomic E-state index is 15.4. The summed E-state index contributed by atoms with van der Waals surface area (Å²) in [5.41, 5.74) is -13.6. The summed E-state index contributed by atoms with van der Waals surface area (Å²) in [6.07, 6.45) is -3.10. The third-order valence-corrected chi connectivity index (χ3v) is 9.35. The van der Waals surface area contributed by atoms with Gasteiger partial charge in [-0.2, -0.15) is 0 Å². The van der Waals surface area contributed by atoms with E-state index in [-0.39, 0.29) is 16.7 Å². The van der Waals surface area contributed by atoms with Crippen molar-refractivity contribution in [3.63, 3.8) is 0 Å². The zero-order valence-electron chi connectivity index (χ0n) is 27.8. The lowest BCUT2D eigenvalue weighted by molar-refractivity contribution is 0.102. The van der Waals surface area contributed by atoms with Gasteiger partial charge in [0.2, 0.25) is 5.78 Å². The molecule has 0 aliphatic rings. The van der Waals surface area contributed by atoms with Gasteiger partial charge >= 0.3 is 0 Å². The van der Waals surface area contributed by atoms with Gasteiger partial charge in [0, 0.05) is 10.6 Å². The standard InChI is InChI=1S/C24BF20.C10H12ClOS/c26-5-1(6(27)14(35)21(42)13(5)34)25(2-7(28)15(36)22(43)16(37)8(2)29,3-9(30)17(38)23(44)18(39)10(3)31)4-11(32)19(40)24(45)20(41)12(4)33;1-13(2)7-10(12)8-4-3-5-9(11)6-8/h;3-6H,7H2,1-2H3/q-1;+1. The normalized spacial score (nSPS) is 11.7. The molecule has 0 amide bonds. The van der Waals surface area contributed by atoms with Gasteiger partial charge in [0.25, 0.3) is 0 Å². The maximum absolute atomic E-state index is 15.4. The zero-order chi connectivity index (χ0) is 44.2. The SMILES string of the molecule is C[S+](C)CC(=O)c1cccc(Cl)c1.Fc1c(F)c(F)c([B-](c2c(F)c(F)c(F)c(F)c2F)(c2c(F)c(F)c(F)c(F)c2F)c2c(F)c(F)c(F)c(F)c2F)c(F)c1F. The molecule has 58 heavy (non-hydrogen) atoms. The Balaban J connectivity index is 0.000000486. The van der Waals surface area contributed by atoms with E-state index in [0.717, 1.165) is 0 Å². The van der Waals surface area contributed by atoms with E-state index in [1.54, 1.807) is 24.3 Å². The summed E-state index contributed by atoms with van der Waals surface area (Å²) in [5, 5.41) is 0.623. The number of carbonyl (C=O) groups is 1. The summed E-state index contributed by atoms with van der Waals surface area (Å²) in [5.74, 6) is -70.6. The number of hydrogen-bond donors (Lipinski definition) is 0. The molecule has 0 spiro atoms. The van der Waals surface area contributed by atoms with Crippen LogP contribution in [0.15, 0.2) is 24.3 Å². The minimum Gasteiger partial charge on any atom is -0.289 e. The smallest absolute Gasteiger partial charge is 0.211 e. The second-order valence-electron chi connectivity index (χ2n) is 11.9. The van der Waals surface area contributed by atoms with Crippen molar-refractivity contribution in [1.82, 2.24) is 0 Å². The molecule has 5 aromatic rings. The summed E-state index contributed by atoms with van der Waals surface area (Å²) < 4.78 is 294. The number of rotatable bonds is 7. The predicted molar refractivity (Wildman–Crippen MR) is 169 cm³/mol. The Bertz CT molecular complexity index is 2130. The van der Waals surface area contributed by atoms with Crippen molar-refractivity contribution >= 4 is 56.3 Å². The van der Waals surface area contributed by atoms with Crippen LogP contribution in [0.1, 0.15) is 10.4 Å². The van der Waals surface area contributed by atoms with Crippen LogP contribution in [0.5, 0.6) is 0 Å². The van der Waals surface area contributed by atoms with Crippen molar-refractivity contribution in [3.8, 4) is 0 Å². The monoisotopic (exact) mass is 894 g/mol. The van der Waals surface area contributed by atoms with Gasteiger partial charge in [-0.1, -0.05) is 23.7 Å². The molecule has 310 valence electrons. The van der Waals surface area contributed by atoms with Crippen LogP contribution in [0, 0.1) is 116 Å². The minimum absolute atomic E-state index is 0.155. The molecule has 0 saturated heterocycles. The van der Waals surface area contributed by atoms with Crippen molar-refractivity contribution in [2.75, 3.05) is 18.3 Å². The second-order valence-corrected chi connectivity index (χ2v) is 14.6. The Labute approximate surface area is 318 Å². The van der Waals surface area contributed by atoms with Crippen LogP contribution in [0.25, 0.3) is 0 Å². The largest absolute Gasteiger partial charge is 0.289 e. The zero-order valence-corrected chi connectivity index (χ0v) is 29.4. The van der Waals surface area contributed by atoms with Gasteiger partial charge in [0.05, 0.1) is 12.5 Å². The number of hydrogen-bond acceptors (Lipinski definition) is 1. The average molecular weight is 895 g/mol. The molecule has 5 aromatic carbocycles. The first-order valence-electron chi connectivity index (χ1n) is 14.9. The van der Waals surface area contributed by atoms with Gasteiger partial charge in [-0.15, -0.1) is 21.9 Å². The molecule has 0 heterocycles. The Hall–Kier alpha value is -4.93. The summed E-state index contributed by atoms with van der Waals surface area (Å²) in [7, 11) is 0.155. The van der Waals surface area contributed by atoms with E-state index in [9.17, 15) is 57.5 Å². The first-order chi connectivity index (χ1) is 26.8. The fraction of sp³-hybridized carbons (Fsp3) is 0.0882. The fourth-order valence-electron chi connectivity index (χ4n) is 5.88. The maximum Gasteiger partial charge on any atom is 0.211 e. The molecule has 1 nitrogen and oxygen atoms in total. The lowest BCUT2D eigenvalue weighted by atomic mass is 9.12. The van der Waals surface area contributed by atoms with Gasteiger partial charge in [-0.05, 0) is 23.0 Å². The Morgan fingerprint density at radius 3 is 0.862 bits per heavy atom. The number of halogens is 21. The quantitative estimate of drug-likeness (QED) is 0.0402. The van der Waals surface area contributed by atoms with Gasteiger partial charge in [0.1, 0.15) is 52.7 Å². The number of ketones is 1. The number of Topliss-reactive ketones (excluding diaryl/α,β-unsaturated/α-hetero) is 1. The highest BCUT2D eigenvalue weighted by atomic mass is 35.5. The molecule has 5 rings (SSSR count). The number of carbonyl (C=O) groups excluding carboxylic acids is 1. The third-order valence-electron chi connectivity index (χ3n) is 8.27. The van der Waals surface area contributed by atoms with E-state index < -0.39 is 144 Å². The van der Waals surface area contributed by atoms with E-state index in [1.807, 2.05) is 0 Å². The molecular formula is C34H12BClF20OS. The van der Waals surface area contributed by atoms with Crippen LogP contribution in [0.2, 0.25) is 5.02 Å². The topological polar surface area (TPSA) is 17.1 Å². The molecule has 0 aromatic heterocycles. The van der Waals surface area contributed by atoms with Crippen molar-refractivity contribution in [2.45, 2.75) is 0 Å². The minimum atomic E-state index is -7.22. The Kier molecular flexibility index (Phi) is 13.2. The third kappa shape index (κ3) is 7.23. The highest BCUT2D eigenvalue weighted by Gasteiger charge is 2.52. The van der Waals surface area contributed by atoms with Crippen LogP contribution >= 0.6 is 11.6 Å². The first-order valence-corrected chi connectivity index (χ1v) is 17.4. The van der Waals surface area contributed by atoms with Crippen LogP contribution in [0.4, 0.5) is 87.8 Å². The molecule has 0 aliphatic heterocycles. The van der Waals surface area contributed by atoms with Gasteiger partial charge in [-0.25, -0.2) is 87.8 Å². The van der Waals surface area contributed by atoms with Crippen molar-refractivity contribution < 1.29 is 92.6 Å². The van der Waals surface area contributed by atoms with Crippen molar-refractivity contribution in [2.24, 2.45) is 0 Å². The molecule has 0 bridgehead atoms. The predicted octanol–water partition coefficient (Wildman–Crippen LogP) is 8.25. The van der Waals surface area contributed by atoms with E-state index >= 15 is 35.1 Å². The molecule has 0 radical (unpaired) electrons. The number of benzene rings is 5. The van der Waals surface area contributed by atoms with Crippen LogP contribution in [0.3, 0.4) is 0 Å². The highest BCUT2D eigenvalue weighted by Crippen LogP contribution is 2.30. The lowest BCUT2D eigenvalue weighted by Gasteiger charge is -2.44. The molecule has 0 fully saturated rings. The summed E-state index contributed by atoms with van der Waals surface area (Å²) >= 11 is 5.78. The van der Waals surface area contributed by atoms with E-state index in [2.05, 4.69) is 12.5 Å². The molecule has 0 atom stereocenters. The summed E-state index contributed by atoms with van der Waals surface area (Å²) in [6, 6.07) is 7.10. The Morgan fingerprint density at radius 1 is 0.431 bits per heavy atom. The van der Waals surface area contributed by atoms with E-state index in [0.29, 0.717) is 16.3 Å². The van der Waals surface area contributed by atoms with Gasteiger partial charge < -0.3 is 0 Å². The van der Waals surface area contributed by atoms with Crippen molar-refractivity contribution in [1.29, 1.82) is 0 Å². The molecule has 24 heteroatoms. The summed E-state index contributed by atoms with van der Waals surface area (Å²) in [4.78, 5) is 11.6. The van der Waals surface area contributed by atoms with Crippen molar-refractivity contribution in [3.05, 3.63) is 151 Å². The second kappa shape index (κ2) is 16.7. The highest BCUT2D eigenvalue weighted by molar-refractivity contribution is 7.96. The molecule has 0 aliphatic carbocycles. The van der Waals surface area contributed by atoms with Gasteiger partial charge in [-0.3, -0.25) is 4.79 Å². The first kappa shape index (κ1) is 45.8. The molecular weight excluding hydrogens is 883 g/mol.